The Morgan fingerprint density at radius 1 is 1.57 bits per heavy atom. The van der Waals surface area contributed by atoms with Crippen molar-refractivity contribution in [1.82, 2.24) is 10.2 Å². The van der Waals surface area contributed by atoms with Crippen LogP contribution in [0, 0.1) is 0 Å². The molecular formula is C14H21ClN2O3S. The van der Waals surface area contributed by atoms with Gasteiger partial charge in [-0.15, -0.1) is 11.3 Å². The normalized spacial score (nSPS) is 19.0. The molecule has 0 unspecified atom stereocenters. The van der Waals surface area contributed by atoms with Crippen molar-refractivity contribution in [2.24, 2.45) is 0 Å². The fourth-order valence-corrected chi connectivity index (χ4v) is 3.41. The van der Waals surface area contributed by atoms with Crippen LogP contribution in [0.2, 0.25) is 4.34 Å². The summed E-state index contributed by atoms with van der Waals surface area (Å²) in [6.45, 7) is 3.29. The summed E-state index contributed by atoms with van der Waals surface area (Å²) in [5.41, 5.74) is -0.847. The van der Waals surface area contributed by atoms with Gasteiger partial charge in [-0.05, 0) is 19.1 Å². The first-order valence-corrected chi connectivity index (χ1v) is 8.16. The highest BCUT2D eigenvalue weighted by Gasteiger charge is 2.32. The largest absolute Gasteiger partial charge is 0.388 e. The quantitative estimate of drug-likeness (QED) is 0.891. The van der Waals surface area contributed by atoms with E-state index in [0.717, 1.165) is 4.88 Å². The Labute approximate surface area is 133 Å². The molecule has 7 heteroatoms. The van der Waals surface area contributed by atoms with Crippen molar-refractivity contribution in [1.29, 1.82) is 0 Å². The maximum Gasteiger partial charge on any atom is 0.317 e. The monoisotopic (exact) mass is 332 g/mol. The van der Waals surface area contributed by atoms with Crippen molar-refractivity contribution in [3.63, 3.8) is 0 Å². The molecular weight excluding hydrogens is 312 g/mol. The maximum atomic E-state index is 12.2. The molecule has 2 rings (SSSR count). The van der Waals surface area contributed by atoms with Crippen LogP contribution in [0.25, 0.3) is 0 Å². The van der Waals surface area contributed by atoms with E-state index in [4.69, 9.17) is 16.3 Å². The molecule has 118 valence electrons. The van der Waals surface area contributed by atoms with Crippen LogP contribution >= 0.6 is 22.9 Å². The highest BCUT2D eigenvalue weighted by molar-refractivity contribution is 7.16. The Bertz CT molecular complexity index is 488. The predicted molar refractivity (Wildman–Crippen MR) is 83.9 cm³/mol. The second kappa shape index (κ2) is 6.96. The van der Waals surface area contributed by atoms with Gasteiger partial charge in [-0.25, -0.2) is 4.79 Å². The van der Waals surface area contributed by atoms with E-state index < -0.39 is 5.60 Å². The van der Waals surface area contributed by atoms with Crippen molar-refractivity contribution in [3.8, 4) is 0 Å². The molecule has 0 spiro atoms. The summed E-state index contributed by atoms with van der Waals surface area (Å²) in [6.07, 6.45) is 1.11. The smallest absolute Gasteiger partial charge is 0.317 e. The van der Waals surface area contributed by atoms with Gasteiger partial charge in [-0.2, -0.15) is 0 Å². The van der Waals surface area contributed by atoms with Gasteiger partial charge in [0.15, 0.2) is 0 Å². The Morgan fingerprint density at radius 3 is 2.81 bits per heavy atom. The molecule has 21 heavy (non-hydrogen) atoms. The zero-order valence-corrected chi connectivity index (χ0v) is 13.8. The number of rotatable bonds is 4. The minimum absolute atomic E-state index is 0.109. The van der Waals surface area contributed by atoms with Gasteiger partial charge in [0.05, 0.1) is 22.5 Å². The first kappa shape index (κ1) is 16.5. The molecule has 0 radical (unpaired) electrons. The van der Waals surface area contributed by atoms with E-state index in [1.165, 1.54) is 16.2 Å². The van der Waals surface area contributed by atoms with E-state index in [1.807, 2.05) is 19.1 Å². The van der Waals surface area contributed by atoms with Crippen LogP contribution in [0.1, 0.15) is 30.7 Å². The average molecular weight is 333 g/mol. The molecule has 1 aromatic rings. The third-order valence-corrected chi connectivity index (χ3v) is 5.08. The van der Waals surface area contributed by atoms with Gasteiger partial charge in [0, 0.05) is 38.0 Å². The number of thiophene rings is 1. The lowest BCUT2D eigenvalue weighted by molar-refractivity contribution is -0.0723. The Kier molecular flexibility index (Phi) is 5.48. The first-order valence-electron chi connectivity index (χ1n) is 6.97. The van der Waals surface area contributed by atoms with Crippen LogP contribution in [0.4, 0.5) is 4.79 Å². The van der Waals surface area contributed by atoms with Crippen molar-refractivity contribution >= 4 is 29.0 Å². The topological polar surface area (TPSA) is 61.8 Å². The number of halogens is 1. The third-order valence-electron chi connectivity index (χ3n) is 3.66. The minimum atomic E-state index is -0.847. The number of nitrogens with one attached hydrogen (secondary N) is 1. The fraction of sp³-hybridized carbons (Fsp3) is 0.643. The van der Waals surface area contributed by atoms with Crippen LogP contribution in [-0.2, 0) is 4.74 Å². The van der Waals surface area contributed by atoms with E-state index in [-0.39, 0.29) is 12.1 Å². The number of hydrogen-bond donors (Lipinski definition) is 2. The van der Waals surface area contributed by atoms with E-state index in [2.05, 4.69) is 5.32 Å². The van der Waals surface area contributed by atoms with Crippen molar-refractivity contribution in [2.45, 2.75) is 31.4 Å². The Hall–Kier alpha value is -0.820. The molecule has 0 aliphatic carbocycles. The Balaban J connectivity index is 1.87. The second-order valence-corrected chi connectivity index (χ2v) is 7.25. The lowest BCUT2D eigenvalue weighted by atomic mass is 9.94. The lowest BCUT2D eigenvalue weighted by Gasteiger charge is -2.35. The molecule has 2 amide bonds. The van der Waals surface area contributed by atoms with Crippen LogP contribution in [-0.4, -0.2) is 48.4 Å². The predicted octanol–water partition coefficient (Wildman–Crippen LogP) is 2.65. The molecule has 1 aromatic heterocycles. The van der Waals surface area contributed by atoms with E-state index in [9.17, 15) is 9.90 Å². The van der Waals surface area contributed by atoms with E-state index >= 15 is 0 Å². The van der Waals surface area contributed by atoms with E-state index in [1.54, 1.807) is 7.05 Å². The number of ether oxygens (including phenoxy) is 1. The highest BCUT2D eigenvalue weighted by Crippen LogP contribution is 2.27. The summed E-state index contributed by atoms with van der Waals surface area (Å²) in [5.74, 6) is 0. The second-order valence-electron chi connectivity index (χ2n) is 5.51. The molecule has 1 saturated heterocycles. The molecule has 1 fully saturated rings. The average Bonchev–Trinajstić information content (AvgIpc) is 2.85. The minimum Gasteiger partial charge on any atom is -0.388 e. The van der Waals surface area contributed by atoms with Gasteiger partial charge < -0.3 is 20.1 Å². The summed E-state index contributed by atoms with van der Waals surface area (Å²) in [6, 6.07) is 3.41. The number of carbonyl (C=O) groups excluding carboxylic acids is 1. The zero-order valence-electron chi connectivity index (χ0n) is 12.3. The molecule has 2 N–H and O–H groups in total. The molecule has 2 heterocycles. The molecule has 1 aliphatic heterocycles. The molecule has 0 bridgehead atoms. The number of aliphatic hydroxyl groups is 1. The van der Waals surface area contributed by atoms with Gasteiger partial charge in [-0.3, -0.25) is 0 Å². The number of urea groups is 1. The van der Waals surface area contributed by atoms with Crippen LogP contribution in [0.3, 0.4) is 0 Å². The molecule has 0 aromatic carbocycles. The lowest BCUT2D eigenvalue weighted by Crippen LogP contribution is -2.50. The number of nitrogens with zero attached hydrogens (tertiary/aromatic N) is 1. The number of likely N-dealkylation sites (N-methyl/N-ethyl adjacent to an activating group) is 1. The van der Waals surface area contributed by atoms with Gasteiger partial charge in [0.2, 0.25) is 0 Å². The molecule has 0 saturated carbocycles. The summed E-state index contributed by atoms with van der Waals surface area (Å²) < 4.78 is 5.95. The summed E-state index contributed by atoms with van der Waals surface area (Å²) in [5, 5.41) is 13.3. The first-order chi connectivity index (χ1) is 9.89. The van der Waals surface area contributed by atoms with Gasteiger partial charge in [0.25, 0.3) is 0 Å². The van der Waals surface area contributed by atoms with E-state index in [0.29, 0.717) is 36.9 Å². The van der Waals surface area contributed by atoms with Crippen LogP contribution < -0.4 is 5.32 Å². The van der Waals surface area contributed by atoms with Gasteiger partial charge in [-0.1, -0.05) is 11.6 Å². The summed E-state index contributed by atoms with van der Waals surface area (Å²) in [4.78, 5) is 14.7. The van der Waals surface area contributed by atoms with Crippen LogP contribution in [0.5, 0.6) is 0 Å². The number of hydrogen-bond acceptors (Lipinski definition) is 4. The van der Waals surface area contributed by atoms with Crippen molar-refractivity contribution in [2.75, 3.05) is 26.8 Å². The number of amides is 2. The molecule has 1 atom stereocenters. The molecule has 5 nitrogen and oxygen atoms in total. The maximum absolute atomic E-state index is 12.2. The Morgan fingerprint density at radius 2 is 2.24 bits per heavy atom. The fourth-order valence-electron chi connectivity index (χ4n) is 2.35. The summed E-state index contributed by atoms with van der Waals surface area (Å²) >= 11 is 7.35. The van der Waals surface area contributed by atoms with Crippen molar-refractivity contribution in [3.05, 3.63) is 21.3 Å². The standard InChI is InChI=1S/C14H21ClN2O3S/c1-10(11-3-4-12(15)21-11)16-13(18)17(2)9-14(19)5-7-20-8-6-14/h3-4,10,19H,5-9H2,1-2H3,(H,16,18)/t10-/m0/s1. The SMILES string of the molecule is C[C@H](NC(=O)N(C)CC1(O)CCOCC1)c1ccc(Cl)s1. The highest BCUT2D eigenvalue weighted by atomic mass is 35.5. The van der Waals surface area contributed by atoms with Crippen molar-refractivity contribution < 1.29 is 14.6 Å². The van der Waals surface area contributed by atoms with Gasteiger partial charge in [0.1, 0.15) is 0 Å². The molecule has 1 aliphatic rings. The third kappa shape index (κ3) is 4.57. The number of carbonyl (C=O) groups is 1. The van der Waals surface area contributed by atoms with Crippen LogP contribution in [0.15, 0.2) is 12.1 Å². The summed E-state index contributed by atoms with van der Waals surface area (Å²) in [7, 11) is 1.69. The van der Waals surface area contributed by atoms with Gasteiger partial charge >= 0.3 is 6.03 Å². The zero-order chi connectivity index (χ0) is 15.5.